The van der Waals surface area contributed by atoms with Gasteiger partial charge in [-0.05, 0) is 31.2 Å². The number of hydrogen-bond donors (Lipinski definition) is 1. The number of nitrogen functional groups attached to an aromatic ring is 1. The molecule has 0 fully saturated rings. The highest BCUT2D eigenvalue weighted by Gasteiger charge is 2.18. The van der Waals surface area contributed by atoms with Gasteiger partial charge < -0.3 is 10.2 Å². The SMILES string of the molecule is C[C@@H](c1ccc(-c2nnc(C(F)F)o2)cn1)n1cc(-c2ccc(N)nc2)nn1. The number of nitrogens with zero attached hydrogens (tertiary/aromatic N) is 7. The Bertz CT molecular complexity index is 1080. The second-order valence-corrected chi connectivity index (χ2v) is 5.95. The molecule has 4 aromatic rings. The van der Waals surface area contributed by atoms with Gasteiger partial charge in [0.05, 0.1) is 23.5 Å². The maximum absolute atomic E-state index is 12.6. The van der Waals surface area contributed by atoms with Crippen molar-refractivity contribution in [2.75, 3.05) is 5.73 Å². The summed E-state index contributed by atoms with van der Waals surface area (Å²) in [6.45, 7) is 1.91. The Labute approximate surface area is 157 Å². The summed E-state index contributed by atoms with van der Waals surface area (Å²) in [7, 11) is 0. The molecule has 0 radical (unpaired) electrons. The number of nitrogens with two attached hydrogens (primary N) is 1. The van der Waals surface area contributed by atoms with Crippen molar-refractivity contribution in [1.29, 1.82) is 0 Å². The minimum Gasteiger partial charge on any atom is -0.415 e. The van der Waals surface area contributed by atoms with Crippen LogP contribution >= 0.6 is 0 Å². The predicted molar refractivity (Wildman–Crippen MR) is 94.0 cm³/mol. The molecule has 11 heteroatoms. The molecule has 0 aliphatic carbocycles. The molecule has 142 valence electrons. The lowest BCUT2D eigenvalue weighted by Crippen LogP contribution is -2.09. The molecular formula is C17H14F2N8O. The van der Waals surface area contributed by atoms with Crippen LogP contribution < -0.4 is 5.73 Å². The number of halogens is 2. The number of alkyl halides is 2. The third-order valence-corrected chi connectivity index (χ3v) is 4.08. The molecule has 0 saturated carbocycles. The summed E-state index contributed by atoms with van der Waals surface area (Å²) < 4.78 is 31.7. The molecular weight excluding hydrogens is 370 g/mol. The average Bonchev–Trinajstić information content (AvgIpc) is 3.38. The lowest BCUT2D eigenvalue weighted by atomic mass is 10.2. The van der Waals surface area contributed by atoms with Gasteiger partial charge in [-0.2, -0.15) is 8.78 Å². The van der Waals surface area contributed by atoms with Gasteiger partial charge >= 0.3 is 6.43 Å². The monoisotopic (exact) mass is 384 g/mol. The first-order valence-electron chi connectivity index (χ1n) is 8.23. The predicted octanol–water partition coefficient (Wildman–Crippen LogP) is 2.91. The summed E-state index contributed by atoms with van der Waals surface area (Å²) in [5.41, 5.74) is 8.18. The van der Waals surface area contributed by atoms with Crippen molar-refractivity contribution in [1.82, 2.24) is 35.2 Å². The standard InChI is InChI=1S/C17H14F2N8O/c1-9(27-8-13(23-26-27)10-3-5-14(20)22-6-10)12-4-2-11(7-21-12)16-24-25-17(28-16)15(18)19/h2-9,15H,1H3,(H2,20,22)/t9-/m0/s1. The van der Waals surface area contributed by atoms with Crippen LogP contribution in [0.2, 0.25) is 0 Å². The number of anilines is 1. The van der Waals surface area contributed by atoms with E-state index in [0.29, 0.717) is 22.8 Å². The molecule has 9 nitrogen and oxygen atoms in total. The highest BCUT2D eigenvalue weighted by atomic mass is 19.3. The van der Waals surface area contributed by atoms with Crippen LogP contribution in [0.5, 0.6) is 0 Å². The molecule has 4 rings (SSSR count). The number of rotatable bonds is 5. The molecule has 28 heavy (non-hydrogen) atoms. The van der Waals surface area contributed by atoms with Gasteiger partial charge in [0.25, 0.3) is 5.89 Å². The second kappa shape index (κ2) is 7.10. The van der Waals surface area contributed by atoms with Crippen LogP contribution in [0.1, 0.15) is 31.0 Å². The van der Waals surface area contributed by atoms with Crippen LogP contribution in [0.3, 0.4) is 0 Å². The first-order chi connectivity index (χ1) is 13.5. The summed E-state index contributed by atoms with van der Waals surface area (Å²) in [5.74, 6) is -0.309. The van der Waals surface area contributed by atoms with Gasteiger partial charge in [0.15, 0.2) is 0 Å². The Balaban J connectivity index is 1.53. The van der Waals surface area contributed by atoms with Gasteiger partial charge in [0, 0.05) is 18.0 Å². The van der Waals surface area contributed by atoms with E-state index >= 15 is 0 Å². The fourth-order valence-electron chi connectivity index (χ4n) is 2.51. The summed E-state index contributed by atoms with van der Waals surface area (Å²) in [5, 5.41) is 15.2. The Morgan fingerprint density at radius 3 is 2.43 bits per heavy atom. The van der Waals surface area contributed by atoms with E-state index < -0.39 is 12.3 Å². The summed E-state index contributed by atoms with van der Waals surface area (Å²) in [4.78, 5) is 8.39. The second-order valence-electron chi connectivity index (χ2n) is 5.95. The molecule has 0 aliphatic heterocycles. The maximum atomic E-state index is 12.6. The van der Waals surface area contributed by atoms with Crippen LogP contribution in [0.4, 0.5) is 14.6 Å². The minimum atomic E-state index is -2.81. The summed E-state index contributed by atoms with van der Waals surface area (Å²) in [6, 6.07) is 6.69. The summed E-state index contributed by atoms with van der Waals surface area (Å²) in [6.07, 6.45) is 2.07. The Morgan fingerprint density at radius 2 is 1.79 bits per heavy atom. The van der Waals surface area contributed by atoms with Crippen molar-refractivity contribution >= 4 is 5.82 Å². The molecule has 0 aliphatic rings. The van der Waals surface area contributed by atoms with E-state index in [9.17, 15) is 8.78 Å². The maximum Gasteiger partial charge on any atom is 0.314 e. The van der Waals surface area contributed by atoms with Gasteiger partial charge in [-0.25, -0.2) is 9.67 Å². The van der Waals surface area contributed by atoms with Crippen molar-refractivity contribution in [2.24, 2.45) is 0 Å². The molecule has 0 spiro atoms. The van der Waals surface area contributed by atoms with Crippen LogP contribution in [-0.4, -0.2) is 35.2 Å². The topological polar surface area (TPSA) is 121 Å². The van der Waals surface area contributed by atoms with E-state index in [1.807, 2.05) is 13.0 Å². The van der Waals surface area contributed by atoms with Crippen molar-refractivity contribution < 1.29 is 13.2 Å². The minimum absolute atomic E-state index is 0.0131. The average molecular weight is 384 g/mol. The van der Waals surface area contributed by atoms with Crippen molar-refractivity contribution in [2.45, 2.75) is 19.4 Å². The van der Waals surface area contributed by atoms with Gasteiger partial charge in [-0.1, -0.05) is 5.21 Å². The largest absolute Gasteiger partial charge is 0.415 e. The van der Waals surface area contributed by atoms with Crippen molar-refractivity contribution in [3.63, 3.8) is 0 Å². The van der Waals surface area contributed by atoms with Crippen LogP contribution in [0, 0.1) is 0 Å². The Kier molecular flexibility index (Phi) is 4.47. The van der Waals surface area contributed by atoms with E-state index in [-0.39, 0.29) is 11.9 Å². The number of pyridine rings is 2. The van der Waals surface area contributed by atoms with Crippen LogP contribution in [0.15, 0.2) is 47.3 Å². The zero-order chi connectivity index (χ0) is 19.7. The van der Waals surface area contributed by atoms with Crippen molar-refractivity contribution in [3.8, 4) is 22.7 Å². The van der Waals surface area contributed by atoms with Gasteiger partial charge in [0.1, 0.15) is 11.5 Å². The van der Waals surface area contributed by atoms with Crippen LogP contribution in [-0.2, 0) is 0 Å². The van der Waals surface area contributed by atoms with Gasteiger partial charge in [-0.15, -0.1) is 15.3 Å². The highest BCUT2D eigenvalue weighted by Crippen LogP contribution is 2.25. The number of hydrogen-bond acceptors (Lipinski definition) is 8. The zero-order valence-electron chi connectivity index (χ0n) is 14.6. The molecule has 4 aromatic heterocycles. The fourth-order valence-corrected chi connectivity index (χ4v) is 2.51. The third kappa shape index (κ3) is 3.41. The molecule has 0 amide bonds. The molecule has 0 aromatic carbocycles. The van der Waals surface area contributed by atoms with Crippen molar-refractivity contribution in [3.05, 3.63) is 54.4 Å². The lowest BCUT2D eigenvalue weighted by molar-refractivity contribution is 0.116. The number of aromatic nitrogens is 7. The van der Waals surface area contributed by atoms with E-state index in [4.69, 9.17) is 10.2 Å². The molecule has 4 heterocycles. The Hall–Kier alpha value is -3.76. The molecule has 1 atom stereocenters. The van der Waals surface area contributed by atoms with E-state index in [2.05, 4.69) is 30.5 Å². The third-order valence-electron chi connectivity index (χ3n) is 4.08. The quantitative estimate of drug-likeness (QED) is 0.557. The van der Waals surface area contributed by atoms with E-state index in [1.165, 1.54) is 6.20 Å². The summed E-state index contributed by atoms with van der Waals surface area (Å²) >= 11 is 0. The van der Waals surface area contributed by atoms with E-state index in [0.717, 1.165) is 5.56 Å². The molecule has 0 saturated heterocycles. The molecule has 0 bridgehead atoms. The van der Waals surface area contributed by atoms with E-state index in [1.54, 1.807) is 35.3 Å². The first-order valence-corrected chi connectivity index (χ1v) is 8.23. The highest BCUT2D eigenvalue weighted by molar-refractivity contribution is 5.57. The van der Waals surface area contributed by atoms with Gasteiger partial charge in [-0.3, -0.25) is 4.98 Å². The molecule has 2 N–H and O–H groups in total. The van der Waals surface area contributed by atoms with Gasteiger partial charge in [0.2, 0.25) is 5.89 Å². The Morgan fingerprint density at radius 1 is 1.00 bits per heavy atom. The molecule has 0 unspecified atom stereocenters. The first kappa shape index (κ1) is 17.6. The zero-order valence-corrected chi connectivity index (χ0v) is 14.6. The lowest BCUT2D eigenvalue weighted by Gasteiger charge is -2.10. The fraction of sp³-hybridized carbons (Fsp3) is 0.176. The normalized spacial score (nSPS) is 12.4. The smallest absolute Gasteiger partial charge is 0.314 e. The van der Waals surface area contributed by atoms with Crippen LogP contribution in [0.25, 0.3) is 22.7 Å².